The lowest BCUT2D eigenvalue weighted by Gasteiger charge is -2.07. The van der Waals surface area contributed by atoms with E-state index in [1.54, 1.807) is 12.1 Å². The molecule has 3 aromatic carbocycles. The van der Waals surface area contributed by atoms with Crippen molar-refractivity contribution in [2.75, 3.05) is 11.1 Å². The highest BCUT2D eigenvalue weighted by Crippen LogP contribution is 2.26. The number of carbonyl (C=O) groups is 1. The third kappa shape index (κ3) is 5.07. The average Bonchev–Trinajstić information content (AvgIpc) is 3.24. The van der Waals surface area contributed by atoms with E-state index in [4.69, 9.17) is 9.15 Å². The molecule has 0 aliphatic carbocycles. The maximum Gasteiger partial charge on any atom is 0.277 e. The summed E-state index contributed by atoms with van der Waals surface area (Å²) in [5.41, 5.74) is 2.63. The molecule has 0 unspecified atom stereocenters. The SMILES string of the molecule is Cc1ccccc1-c1nnc(SCC(=O)Nc2ccc(Oc3ccccc3)cc2)o1. The molecule has 1 heterocycles. The van der Waals surface area contributed by atoms with Gasteiger partial charge in [0.2, 0.25) is 11.8 Å². The minimum atomic E-state index is -0.160. The van der Waals surface area contributed by atoms with E-state index < -0.39 is 0 Å². The molecule has 1 amide bonds. The number of thioether (sulfide) groups is 1. The molecular formula is C23H19N3O3S. The molecule has 6 nitrogen and oxygen atoms in total. The van der Waals surface area contributed by atoms with Crippen LogP contribution in [0.5, 0.6) is 11.5 Å². The highest BCUT2D eigenvalue weighted by Gasteiger charge is 2.12. The molecule has 30 heavy (non-hydrogen) atoms. The van der Waals surface area contributed by atoms with E-state index in [1.165, 1.54) is 11.8 Å². The first kappa shape index (κ1) is 19.7. The number of rotatable bonds is 7. The minimum absolute atomic E-state index is 0.160. The van der Waals surface area contributed by atoms with Crippen LogP contribution in [0.2, 0.25) is 0 Å². The van der Waals surface area contributed by atoms with E-state index in [-0.39, 0.29) is 11.7 Å². The summed E-state index contributed by atoms with van der Waals surface area (Å²) in [6, 6.07) is 24.5. The van der Waals surface area contributed by atoms with Crippen LogP contribution in [0.4, 0.5) is 5.69 Å². The molecule has 4 rings (SSSR count). The predicted octanol–water partition coefficient (Wildman–Crippen LogP) is 5.57. The molecule has 4 aromatic rings. The van der Waals surface area contributed by atoms with Gasteiger partial charge in [0.15, 0.2) is 0 Å². The Hall–Kier alpha value is -3.58. The van der Waals surface area contributed by atoms with Crippen LogP contribution in [0, 0.1) is 6.92 Å². The van der Waals surface area contributed by atoms with Crippen molar-refractivity contribution in [3.63, 3.8) is 0 Å². The van der Waals surface area contributed by atoms with Gasteiger partial charge in [-0.2, -0.15) is 0 Å². The number of anilines is 1. The first-order valence-electron chi connectivity index (χ1n) is 9.32. The van der Waals surface area contributed by atoms with Crippen LogP contribution in [-0.2, 0) is 4.79 Å². The number of benzene rings is 3. The van der Waals surface area contributed by atoms with Crippen LogP contribution in [0.1, 0.15) is 5.56 Å². The van der Waals surface area contributed by atoms with Gasteiger partial charge in [0.25, 0.3) is 5.22 Å². The molecule has 0 bridgehead atoms. The number of hydrogen-bond acceptors (Lipinski definition) is 6. The average molecular weight is 417 g/mol. The van der Waals surface area contributed by atoms with Crippen molar-refractivity contribution in [1.82, 2.24) is 10.2 Å². The Morgan fingerprint density at radius 1 is 0.933 bits per heavy atom. The summed E-state index contributed by atoms with van der Waals surface area (Å²) in [5.74, 6) is 1.91. The van der Waals surface area contributed by atoms with Crippen molar-refractivity contribution in [3.05, 3.63) is 84.4 Å². The molecule has 0 saturated heterocycles. The third-order valence-electron chi connectivity index (χ3n) is 4.23. The van der Waals surface area contributed by atoms with E-state index in [1.807, 2.05) is 73.7 Å². The second-order valence-corrected chi connectivity index (χ2v) is 7.39. The van der Waals surface area contributed by atoms with E-state index >= 15 is 0 Å². The maximum atomic E-state index is 12.2. The second kappa shape index (κ2) is 9.28. The number of para-hydroxylation sites is 1. The molecule has 1 N–H and O–H groups in total. The fourth-order valence-corrected chi connectivity index (χ4v) is 3.31. The van der Waals surface area contributed by atoms with Crippen LogP contribution < -0.4 is 10.1 Å². The highest BCUT2D eigenvalue weighted by molar-refractivity contribution is 7.99. The Balaban J connectivity index is 1.29. The topological polar surface area (TPSA) is 77.2 Å². The number of aryl methyl sites for hydroxylation is 1. The van der Waals surface area contributed by atoms with Gasteiger partial charge in [-0.1, -0.05) is 48.2 Å². The quantitative estimate of drug-likeness (QED) is 0.396. The Kier molecular flexibility index (Phi) is 6.10. The van der Waals surface area contributed by atoms with Gasteiger partial charge in [-0.3, -0.25) is 4.79 Å². The monoisotopic (exact) mass is 417 g/mol. The summed E-state index contributed by atoms with van der Waals surface area (Å²) in [5, 5.41) is 11.3. The van der Waals surface area contributed by atoms with Gasteiger partial charge in [-0.05, 0) is 55.0 Å². The molecule has 0 atom stereocenters. The smallest absolute Gasteiger partial charge is 0.277 e. The zero-order chi connectivity index (χ0) is 20.8. The fraction of sp³-hybridized carbons (Fsp3) is 0.0870. The van der Waals surface area contributed by atoms with Crippen LogP contribution >= 0.6 is 11.8 Å². The lowest BCUT2D eigenvalue weighted by Crippen LogP contribution is -2.13. The van der Waals surface area contributed by atoms with Gasteiger partial charge in [0.1, 0.15) is 11.5 Å². The fourth-order valence-electron chi connectivity index (χ4n) is 2.75. The van der Waals surface area contributed by atoms with Crippen molar-refractivity contribution < 1.29 is 13.9 Å². The van der Waals surface area contributed by atoms with E-state index in [9.17, 15) is 4.79 Å². The number of aromatic nitrogens is 2. The Bertz CT molecular complexity index is 1130. The zero-order valence-electron chi connectivity index (χ0n) is 16.2. The normalized spacial score (nSPS) is 10.6. The number of nitrogens with zero attached hydrogens (tertiary/aromatic N) is 2. The van der Waals surface area contributed by atoms with Gasteiger partial charge in [-0.25, -0.2) is 0 Å². The minimum Gasteiger partial charge on any atom is -0.457 e. The molecule has 0 aliphatic heterocycles. The van der Waals surface area contributed by atoms with Crippen molar-refractivity contribution in [2.24, 2.45) is 0 Å². The van der Waals surface area contributed by atoms with E-state index in [2.05, 4.69) is 15.5 Å². The molecule has 150 valence electrons. The van der Waals surface area contributed by atoms with E-state index in [0.717, 1.165) is 16.9 Å². The zero-order valence-corrected chi connectivity index (χ0v) is 17.1. The van der Waals surface area contributed by atoms with Crippen molar-refractivity contribution in [2.45, 2.75) is 12.1 Å². The number of carbonyl (C=O) groups excluding carboxylic acids is 1. The number of amides is 1. The Labute approximate surface area is 178 Å². The lowest BCUT2D eigenvalue weighted by molar-refractivity contribution is -0.113. The van der Waals surface area contributed by atoms with Crippen LogP contribution in [0.25, 0.3) is 11.5 Å². The van der Waals surface area contributed by atoms with Crippen molar-refractivity contribution >= 4 is 23.4 Å². The molecule has 0 radical (unpaired) electrons. The largest absolute Gasteiger partial charge is 0.457 e. The van der Waals surface area contributed by atoms with Gasteiger partial charge in [0, 0.05) is 11.3 Å². The molecule has 1 aromatic heterocycles. The summed E-state index contributed by atoms with van der Waals surface area (Å²) in [6.45, 7) is 1.98. The molecule has 0 saturated carbocycles. The first-order valence-corrected chi connectivity index (χ1v) is 10.3. The molecule has 0 aliphatic rings. The van der Waals surface area contributed by atoms with Gasteiger partial charge >= 0.3 is 0 Å². The molecular weight excluding hydrogens is 398 g/mol. The number of ether oxygens (including phenoxy) is 1. The standard InChI is InChI=1S/C23H19N3O3S/c1-16-7-5-6-10-20(16)22-25-26-23(29-22)30-15-21(27)24-17-11-13-19(14-12-17)28-18-8-3-2-4-9-18/h2-14H,15H2,1H3,(H,24,27). The summed E-state index contributed by atoms with van der Waals surface area (Å²) >= 11 is 1.20. The van der Waals surface area contributed by atoms with Crippen molar-refractivity contribution in [3.8, 4) is 23.0 Å². The Morgan fingerprint density at radius 3 is 2.40 bits per heavy atom. The maximum absolute atomic E-state index is 12.2. The third-order valence-corrected chi connectivity index (χ3v) is 5.04. The second-order valence-electron chi connectivity index (χ2n) is 6.46. The molecule has 7 heteroatoms. The van der Waals surface area contributed by atoms with Crippen LogP contribution in [0.15, 0.2) is 88.5 Å². The molecule has 0 fully saturated rings. The number of nitrogens with one attached hydrogen (secondary N) is 1. The summed E-state index contributed by atoms with van der Waals surface area (Å²) in [7, 11) is 0. The van der Waals surface area contributed by atoms with Crippen LogP contribution in [0.3, 0.4) is 0 Å². The van der Waals surface area contributed by atoms with Gasteiger partial charge in [-0.15, -0.1) is 10.2 Å². The van der Waals surface area contributed by atoms with Gasteiger partial charge in [0.05, 0.1) is 5.75 Å². The Morgan fingerprint density at radius 2 is 1.63 bits per heavy atom. The summed E-state index contributed by atoms with van der Waals surface area (Å²) in [4.78, 5) is 12.2. The first-order chi connectivity index (χ1) is 14.7. The van der Waals surface area contributed by atoms with E-state index in [0.29, 0.717) is 22.6 Å². The predicted molar refractivity (Wildman–Crippen MR) is 117 cm³/mol. The highest BCUT2D eigenvalue weighted by atomic mass is 32.2. The van der Waals surface area contributed by atoms with Gasteiger partial charge < -0.3 is 14.5 Å². The molecule has 0 spiro atoms. The summed E-state index contributed by atoms with van der Waals surface area (Å²) in [6.07, 6.45) is 0. The van der Waals surface area contributed by atoms with Crippen LogP contribution in [-0.4, -0.2) is 21.9 Å². The van der Waals surface area contributed by atoms with Crippen molar-refractivity contribution in [1.29, 1.82) is 0 Å². The summed E-state index contributed by atoms with van der Waals surface area (Å²) < 4.78 is 11.4. The lowest BCUT2D eigenvalue weighted by atomic mass is 10.1. The number of hydrogen-bond donors (Lipinski definition) is 1.